The maximum absolute atomic E-state index is 13.1. The molecule has 0 radical (unpaired) electrons. The number of nitrogens with zero attached hydrogens (tertiary/aromatic N) is 2. The molecule has 1 aliphatic rings. The Morgan fingerprint density at radius 3 is 2.72 bits per heavy atom. The van der Waals surface area contributed by atoms with Crippen molar-refractivity contribution in [3.8, 4) is 5.75 Å². The van der Waals surface area contributed by atoms with E-state index in [1.54, 1.807) is 44.4 Å². The number of hydrogen-bond acceptors (Lipinski definition) is 6. The van der Waals surface area contributed by atoms with Crippen LogP contribution in [0.3, 0.4) is 0 Å². The standard InChI is InChI=1S/C24H24N2O6/c1-4-11-32-24(28)23-16(2)25(15-17-7-5-9-19(12-17)26(29)30)22(27)14-21(23)18-8-6-10-20(13-18)31-3/h4-10,12-13,21H,1,11,14-15H2,2-3H3/t21-/m1/s1. The summed E-state index contributed by atoms with van der Waals surface area (Å²) in [6.45, 7) is 5.41. The third-order valence-electron chi connectivity index (χ3n) is 5.33. The van der Waals surface area contributed by atoms with Crippen molar-refractivity contribution >= 4 is 17.6 Å². The molecule has 0 aromatic heterocycles. The van der Waals surface area contributed by atoms with Crippen LogP contribution in [0.1, 0.15) is 30.4 Å². The first-order chi connectivity index (χ1) is 15.3. The van der Waals surface area contributed by atoms with E-state index in [4.69, 9.17) is 9.47 Å². The number of non-ortho nitro benzene ring substituents is 1. The van der Waals surface area contributed by atoms with Crippen LogP contribution < -0.4 is 4.74 Å². The fourth-order valence-corrected chi connectivity index (χ4v) is 3.77. The smallest absolute Gasteiger partial charge is 0.336 e. The summed E-state index contributed by atoms with van der Waals surface area (Å²) in [4.78, 5) is 38.2. The predicted octanol–water partition coefficient (Wildman–Crippen LogP) is 4.12. The summed E-state index contributed by atoms with van der Waals surface area (Å²) < 4.78 is 10.6. The molecule has 0 N–H and O–H groups in total. The minimum atomic E-state index is -0.535. The second-order valence-electron chi connectivity index (χ2n) is 7.33. The van der Waals surface area contributed by atoms with Gasteiger partial charge in [0.1, 0.15) is 12.4 Å². The third kappa shape index (κ3) is 4.85. The zero-order valence-electron chi connectivity index (χ0n) is 17.9. The number of methoxy groups -OCH3 is 1. The lowest BCUT2D eigenvalue weighted by atomic mass is 9.83. The van der Waals surface area contributed by atoms with Gasteiger partial charge in [0.15, 0.2) is 0 Å². The maximum Gasteiger partial charge on any atom is 0.336 e. The highest BCUT2D eigenvalue weighted by Crippen LogP contribution is 2.38. The molecule has 8 nitrogen and oxygen atoms in total. The largest absolute Gasteiger partial charge is 0.497 e. The SMILES string of the molecule is C=CCOC(=O)C1=C(C)N(Cc2cccc([N+](=O)[O-])c2)C(=O)C[C@@H]1c1cccc(OC)c1. The van der Waals surface area contributed by atoms with E-state index in [2.05, 4.69) is 6.58 Å². The minimum absolute atomic E-state index is 0.0409. The summed E-state index contributed by atoms with van der Waals surface area (Å²) in [7, 11) is 1.55. The Bertz CT molecular complexity index is 1090. The van der Waals surface area contributed by atoms with Crippen molar-refractivity contribution < 1.29 is 24.0 Å². The maximum atomic E-state index is 13.1. The Kier molecular flexibility index (Phi) is 7.04. The zero-order valence-corrected chi connectivity index (χ0v) is 17.9. The van der Waals surface area contributed by atoms with Gasteiger partial charge in [-0.3, -0.25) is 14.9 Å². The van der Waals surface area contributed by atoms with E-state index in [1.165, 1.54) is 23.1 Å². The van der Waals surface area contributed by atoms with Gasteiger partial charge in [-0.2, -0.15) is 0 Å². The molecule has 2 aromatic carbocycles. The molecule has 0 fully saturated rings. The summed E-state index contributed by atoms with van der Waals surface area (Å²) >= 11 is 0. The zero-order chi connectivity index (χ0) is 23.3. The van der Waals surface area contributed by atoms with Crippen LogP contribution in [0.25, 0.3) is 0 Å². The number of nitro benzene ring substituents is 1. The lowest BCUT2D eigenvalue weighted by Gasteiger charge is -2.34. The fraction of sp³-hybridized carbons (Fsp3) is 0.250. The lowest BCUT2D eigenvalue weighted by Crippen LogP contribution is -2.38. The number of hydrogen-bond donors (Lipinski definition) is 0. The van der Waals surface area contributed by atoms with Gasteiger partial charge in [-0.15, -0.1) is 0 Å². The number of rotatable bonds is 8. The Morgan fingerprint density at radius 1 is 1.28 bits per heavy atom. The number of carbonyl (C=O) groups excluding carboxylic acids is 2. The minimum Gasteiger partial charge on any atom is -0.497 e. The Morgan fingerprint density at radius 2 is 2.03 bits per heavy atom. The summed E-state index contributed by atoms with van der Waals surface area (Å²) in [6, 6.07) is 13.3. The first kappa shape index (κ1) is 22.7. The van der Waals surface area contributed by atoms with Gasteiger partial charge in [0.2, 0.25) is 5.91 Å². The van der Waals surface area contributed by atoms with Gasteiger partial charge in [0.25, 0.3) is 5.69 Å². The van der Waals surface area contributed by atoms with Crippen LogP contribution in [0.15, 0.2) is 72.5 Å². The molecule has 0 aliphatic carbocycles. The molecule has 32 heavy (non-hydrogen) atoms. The van der Waals surface area contributed by atoms with Crippen molar-refractivity contribution in [3.63, 3.8) is 0 Å². The molecule has 0 saturated heterocycles. The van der Waals surface area contributed by atoms with Gasteiger partial charge in [0, 0.05) is 30.2 Å². The van der Waals surface area contributed by atoms with Gasteiger partial charge in [0.05, 0.1) is 24.2 Å². The molecule has 0 bridgehead atoms. The first-order valence-corrected chi connectivity index (χ1v) is 10.0. The van der Waals surface area contributed by atoms with Crippen LogP contribution in [-0.4, -0.2) is 35.4 Å². The van der Waals surface area contributed by atoms with E-state index in [0.717, 1.165) is 5.56 Å². The highest BCUT2D eigenvalue weighted by atomic mass is 16.6. The molecule has 3 rings (SSSR count). The number of ether oxygens (including phenoxy) is 2. The van der Waals surface area contributed by atoms with E-state index in [1.807, 2.05) is 6.07 Å². The van der Waals surface area contributed by atoms with Crippen LogP contribution in [-0.2, 0) is 20.9 Å². The van der Waals surface area contributed by atoms with Crippen LogP contribution in [0.4, 0.5) is 5.69 Å². The van der Waals surface area contributed by atoms with Crippen LogP contribution in [0, 0.1) is 10.1 Å². The molecule has 0 spiro atoms. The molecule has 2 aromatic rings. The average molecular weight is 436 g/mol. The third-order valence-corrected chi connectivity index (χ3v) is 5.33. The molecule has 1 amide bonds. The molecule has 1 atom stereocenters. The number of esters is 1. The van der Waals surface area contributed by atoms with E-state index < -0.39 is 16.8 Å². The molecule has 1 heterocycles. The Hall–Kier alpha value is -3.94. The number of nitro groups is 1. The van der Waals surface area contributed by atoms with Crippen LogP contribution in [0.5, 0.6) is 5.75 Å². The lowest BCUT2D eigenvalue weighted by molar-refractivity contribution is -0.384. The van der Waals surface area contributed by atoms with E-state index in [9.17, 15) is 19.7 Å². The number of amides is 1. The molecule has 0 saturated carbocycles. The van der Waals surface area contributed by atoms with Crippen molar-refractivity contribution in [1.29, 1.82) is 0 Å². The monoisotopic (exact) mass is 436 g/mol. The van der Waals surface area contributed by atoms with E-state index >= 15 is 0 Å². The second kappa shape index (κ2) is 9.91. The second-order valence-corrected chi connectivity index (χ2v) is 7.33. The van der Waals surface area contributed by atoms with Gasteiger partial charge in [-0.05, 0) is 30.2 Å². The van der Waals surface area contributed by atoms with Gasteiger partial charge >= 0.3 is 5.97 Å². The van der Waals surface area contributed by atoms with Crippen molar-refractivity contribution in [1.82, 2.24) is 4.90 Å². The van der Waals surface area contributed by atoms with E-state index in [-0.39, 0.29) is 31.2 Å². The van der Waals surface area contributed by atoms with Gasteiger partial charge in [-0.25, -0.2) is 4.79 Å². The first-order valence-electron chi connectivity index (χ1n) is 10.0. The molecule has 0 unspecified atom stereocenters. The number of carbonyl (C=O) groups is 2. The van der Waals surface area contributed by atoms with E-state index in [0.29, 0.717) is 22.6 Å². The van der Waals surface area contributed by atoms with Gasteiger partial charge in [-0.1, -0.05) is 36.9 Å². The van der Waals surface area contributed by atoms with Gasteiger partial charge < -0.3 is 14.4 Å². The molecular formula is C24H24N2O6. The van der Waals surface area contributed by atoms with Crippen molar-refractivity contribution in [2.45, 2.75) is 25.8 Å². The fourth-order valence-electron chi connectivity index (χ4n) is 3.77. The van der Waals surface area contributed by atoms with Crippen molar-refractivity contribution in [2.75, 3.05) is 13.7 Å². The van der Waals surface area contributed by atoms with Crippen LogP contribution >= 0.6 is 0 Å². The molecule has 1 aliphatic heterocycles. The summed E-state index contributed by atoms with van der Waals surface area (Å²) in [5.74, 6) is -0.615. The van der Waals surface area contributed by atoms with Crippen LogP contribution in [0.2, 0.25) is 0 Å². The average Bonchev–Trinajstić information content (AvgIpc) is 2.80. The highest BCUT2D eigenvalue weighted by molar-refractivity contribution is 5.96. The Balaban J connectivity index is 2.03. The normalized spacial score (nSPS) is 16.0. The molecular weight excluding hydrogens is 412 g/mol. The summed E-state index contributed by atoms with van der Waals surface area (Å²) in [5.41, 5.74) is 2.11. The molecule has 8 heteroatoms. The highest BCUT2D eigenvalue weighted by Gasteiger charge is 2.37. The Labute approximate surface area is 185 Å². The number of benzene rings is 2. The topological polar surface area (TPSA) is 99.0 Å². The summed E-state index contributed by atoms with van der Waals surface area (Å²) in [6.07, 6.45) is 1.53. The van der Waals surface area contributed by atoms with Crippen molar-refractivity contribution in [2.24, 2.45) is 0 Å². The summed E-state index contributed by atoms with van der Waals surface area (Å²) in [5, 5.41) is 11.1. The van der Waals surface area contributed by atoms with Crippen molar-refractivity contribution in [3.05, 3.63) is 93.7 Å². The predicted molar refractivity (Wildman–Crippen MR) is 118 cm³/mol. The quantitative estimate of drug-likeness (QED) is 0.267. The number of allylic oxidation sites excluding steroid dienone is 1. The molecule has 166 valence electrons.